The zero-order valence-electron chi connectivity index (χ0n) is 19.1. The third kappa shape index (κ3) is 8.03. The third-order valence-corrected chi connectivity index (χ3v) is 5.95. The molecule has 0 amide bonds. The molecule has 3 rings (SSSR count). The van der Waals surface area contributed by atoms with Gasteiger partial charge in [0.1, 0.15) is 11.5 Å². The molecule has 4 nitrogen and oxygen atoms in total. The fraction of sp³-hybridized carbons (Fsp3) is 0.538. The summed E-state index contributed by atoms with van der Waals surface area (Å²) < 4.78 is 11.6. The summed E-state index contributed by atoms with van der Waals surface area (Å²) in [4.78, 5) is 0. The van der Waals surface area contributed by atoms with Crippen LogP contribution in [0.25, 0.3) is 0 Å². The molecule has 2 aromatic carbocycles. The van der Waals surface area contributed by atoms with E-state index in [0.29, 0.717) is 12.1 Å². The molecule has 2 aromatic rings. The molecule has 172 valence electrons. The number of benzene rings is 2. The van der Waals surface area contributed by atoms with Crippen LogP contribution in [0.3, 0.4) is 0 Å². The quantitative estimate of drug-likeness (QED) is 0.389. The van der Waals surface area contributed by atoms with E-state index in [4.69, 9.17) is 9.47 Å². The highest BCUT2D eigenvalue weighted by Crippen LogP contribution is 2.27. The van der Waals surface area contributed by atoms with Crippen molar-refractivity contribution in [3.8, 4) is 11.5 Å². The molecule has 5 heteroatoms. The topological polar surface area (TPSA) is 42.5 Å². The summed E-state index contributed by atoms with van der Waals surface area (Å²) in [7, 11) is 1.72. The van der Waals surface area contributed by atoms with Crippen molar-refractivity contribution in [2.75, 3.05) is 20.3 Å². The van der Waals surface area contributed by atoms with Gasteiger partial charge in [-0.15, -0.1) is 12.4 Å². The van der Waals surface area contributed by atoms with Gasteiger partial charge in [-0.05, 0) is 49.6 Å². The molecule has 1 fully saturated rings. The summed E-state index contributed by atoms with van der Waals surface area (Å²) >= 11 is 0. The largest absolute Gasteiger partial charge is 0.497 e. The molecule has 0 spiro atoms. The van der Waals surface area contributed by atoms with Crippen molar-refractivity contribution in [1.29, 1.82) is 0 Å². The number of rotatable bonds is 12. The number of unbranched alkanes of at least 4 members (excludes halogenated alkanes) is 4. The van der Waals surface area contributed by atoms with Crippen molar-refractivity contribution in [3.63, 3.8) is 0 Å². The lowest BCUT2D eigenvalue weighted by atomic mass is 9.92. The molecule has 1 aliphatic rings. The van der Waals surface area contributed by atoms with E-state index in [1.165, 1.54) is 49.7 Å². The Morgan fingerprint density at radius 2 is 1.84 bits per heavy atom. The summed E-state index contributed by atoms with van der Waals surface area (Å²) in [6.45, 7) is 4.87. The lowest BCUT2D eigenvalue weighted by Gasteiger charge is -2.34. The highest BCUT2D eigenvalue weighted by Gasteiger charge is 2.25. The molecular weight excluding hydrogens is 408 g/mol. The molecule has 0 bridgehead atoms. The molecule has 0 saturated carbocycles. The normalized spacial score (nSPS) is 18.3. The van der Waals surface area contributed by atoms with Gasteiger partial charge in [-0.3, -0.25) is 0 Å². The molecule has 1 saturated heterocycles. The second kappa shape index (κ2) is 14.3. The first-order chi connectivity index (χ1) is 14.8. The Morgan fingerprint density at radius 3 is 2.61 bits per heavy atom. The van der Waals surface area contributed by atoms with Crippen molar-refractivity contribution in [2.24, 2.45) is 0 Å². The molecular formula is C26H39ClN2O2. The summed E-state index contributed by atoms with van der Waals surface area (Å²) in [6, 6.07) is 17.6. The van der Waals surface area contributed by atoms with Crippen LogP contribution in [-0.4, -0.2) is 26.3 Å². The van der Waals surface area contributed by atoms with Gasteiger partial charge in [-0.2, -0.15) is 0 Å². The van der Waals surface area contributed by atoms with Gasteiger partial charge in [0, 0.05) is 24.2 Å². The number of piperidine rings is 1. The summed E-state index contributed by atoms with van der Waals surface area (Å²) in [6.07, 6.45) is 8.60. The Bertz CT molecular complexity index is 741. The molecule has 2 atom stereocenters. The smallest absolute Gasteiger partial charge is 0.124 e. The molecule has 0 aromatic heterocycles. The van der Waals surface area contributed by atoms with Crippen LogP contribution >= 0.6 is 12.4 Å². The summed E-state index contributed by atoms with van der Waals surface area (Å²) in [5, 5.41) is 7.50. The average molecular weight is 447 g/mol. The molecule has 1 aliphatic heterocycles. The number of halogens is 1. The Kier molecular flexibility index (Phi) is 11.8. The van der Waals surface area contributed by atoms with Crippen LogP contribution in [0.1, 0.15) is 69.0 Å². The van der Waals surface area contributed by atoms with Crippen molar-refractivity contribution in [1.82, 2.24) is 10.6 Å². The minimum Gasteiger partial charge on any atom is -0.497 e. The highest BCUT2D eigenvalue weighted by molar-refractivity contribution is 5.85. The van der Waals surface area contributed by atoms with E-state index in [2.05, 4.69) is 60.0 Å². The maximum Gasteiger partial charge on any atom is 0.124 e. The van der Waals surface area contributed by atoms with Crippen molar-refractivity contribution in [3.05, 3.63) is 59.7 Å². The number of hydrogen-bond donors (Lipinski definition) is 2. The van der Waals surface area contributed by atoms with E-state index < -0.39 is 0 Å². The highest BCUT2D eigenvalue weighted by atomic mass is 35.5. The van der Waals surface area contributed by atoms with Gasteiger partial charge in [0.25, 0.3) is 0 Å². The van der Waals surface area contributed by atoms with Gasteiger partial charge in [-0.1, -0.05) is 62.9 Å². The minimum atomic E-state index is 0. The van der Waals surface area contributed by atoms with Gasteiger partial charge in [0.2, 0.25) is 0 Å². The monoisotopic (exact) mass is 446 g/mol. The lowest BCUT2D eigenvalue weighted by molar-refractivity contribution is 0.289. The van der Waals surface area contributed by atoms with E-state index in [1.807, 2.05) is 6.07 Å². The zero-order valence-corrected chi connectivity index (χ0v) is 19.9. The fourth-order valence-corrected chi connectivity index (χ4v) is 4.21. The van der Waals surface area contributed by atoms with Crippen molar-refractivity contribution >= 4 is 12.4 Å². The number of nitrogens with one attached hydrogen (secondary N) is 2. The zero-order chi connectivity index (χ0) is 21.0. The Hall–Kier alpha value is -1.75. The summed E-state index contributed by atoms with van der Waals surface area (Å²) in [5.41, 5.74) is 2.52. The molecule has 1 heterocycles. The molecule has 31 heavy (non-hydrogen) atoms. The van der Waals surface area contributed by atoms with Crippen LogP contribution in [0.15, 0.2) is 48.5 Å². The van der Waals surface area contributed by atoms with Crippen LogP contribution in [0.5, 0.6) is 11.5 Å². The maximum atomic E-state index is 6.16. The minimum absolute atomic E-state index is 0. The Morgan fingerprint density at radius 1 is 1.03 bits per heavy atom. The lowest BCUT2D eigenvalue weighted by Crippen LogP contribution is -2.45. The molecule has 2 N–H and O–H groups in total. The first kappa shape index (κ1) is 25.5. The van der Waals surface area contributed by atoms with Gasteiger partial charge < -0.3 is 20.1 Å². The predicted molar refractivity (Wildman–Crippen MR) is 132 cm³/mol. The Balaban J connectivity index is 0.00000341. The van der Waals surface area contributed by atoms with Gasteiger partial charge in [-0.25, -0.2) is 0 Å². The molecule has 0 radical (unpaired) electrons. The first-order valence-electron chi connectivity index (χ1n) is 11.6. The van der Waals surface area contributed by atoms with Crippen LogP contribution in [0, 0.1) is 0 Å². The second-order valence-corrected chi connectivity index (χ2v) is 8.21. The molecule has 0 aliphatic carbocycles. The second-order valence-electron chi connectivity index (χ2n) is 8.21. The van der Waals surface area contributed by atoms with E-state index in [9.17, 15) is 0 Å². The van der Waals surface area contributed by atoms with Crippen molar-refractivity contribution in [2.45, 2.75) is 70.5 Å². The van der Waals surface area contributed by atoms with E-state index >= 15 is 0 Å². The van der Waals surface area contributed by atoms with Gasteiger partial charge >= 0.3 is 0 Å². The van der Waals surface area contributed by atoms with E-state index in [1.54, 1.807) is 7.11 Å². The fourth-order valence-electron chi connectivity index (χ4n) is 4.21. The number of hydrogen-bond acceptors (Lipinski definition) is 4. The van der Waals surface area contributed by atoms with Crippen LogP contribution in [0.2, 0.25) is 0 Å². The average Bonchev–Trinajstić information content (AvgIpc) is 2.81. The van der Waals surface area contributed by atoms with Crippen LogP contribution in [-0.2, 0) is 6.54 Å². The first-order valence-corrected chi connectivity index (χ1v) is 11.6. The van der Waals surface area contributed by atoms with Gasteiger partial charge in [0.15, 0.2) is 0 Å². The molecule has 0 unspecified atom stereocenters. The van der Waals surface area contributed by atoms with Crippen molar-refractivity contribution < 1.29 is 9.47 Å². The summed E-state index contributed by atoms with van der Waals surface area (Å²) in [5.74, 6) is 1.85. The third-order valence-electron chi connectivity index (χ3n) is 5.95. The standard InChI is InChI=1S/C26H38N2O2.ClH/c1-3-4-5-6-10-18-30-25-16-15-23(29-2)19-22(25)20-28-24-14-11-17-27-26(24)21-12-8-7-9-13-21;/h7-9,12-13,15-16,19,24,26-28H,3-6,10-11,14,17-18,20H2,1-2H3;1H/t24-,26-;/m0./s1. The van der Waals surface area contributed by atoms with Crippen LogP contribution in [0.4, 0.5) is 0 Å². The van der Waals surface area contributed by atoms with Crippen LogP contribution < -0.4 is 20.1 Å². The van der Waals surface area contributed by atoms with E-state index in [0.717, 1.165) is 37.6 Å². The SMILES string of the molecule is CCCCCCCOc1ccc(OC)cc1CN[C@H]1CCCN[C@H]1c1ccccc1.Cl. The van der Waals surface area contributed by atoms with Gasteiger partial charge in [0.05, 0.1) is 13.7 Å². The predicted octanol–water partition coefficient (Wildman–Crippen LogP) is 6.05. The number of methoxy groups -OCH3 is 1. The van der Waals surface area contributed by atoms with E-state index in [-0.39, 0.29) is 12.4 Å². The Labute approximate surface area is 194 Å². The maximum absolute atomic E-state index is 6.16. The number of ether oxygens (including phenoxy) is 2.